The van der Waals surface area contributed by atoms with Crippen molar-refractivity contribution in [1.29, 1.82) is 0 Å². The molecule has 1 aromatic carbocycles. The fourth-order valence-electron chi connectivity index (χ4n) is 2.28. The maximum atomic E-state index is 5.84. The molecule has 0 bridgehead atoms. The number of ether oxygens (including phenoxy) is 1. The Morgan fingerprint density at radius 1 is 1.16 bits per heavy atom. The summed E-state index contributed by atoms with van der Waals surface area (Å²) in [6.45, 7) is 2.11. The first-order valence-electron chi connectivity index (χ1n) is 6.49. The van der Waals surface area contributed by atoms with E-state index < -0.39 is 0 Å². The molecule has 0 amide bonds. The Kier molecular flexibility index (Phi) is 3.71. The second-order valence-corrected chi connectivity index (χ2v) is 5.13. The Balaban J connectivity index is 1.68. The van der Waals surface area contributed by atoms with Crippen LogP contribution in [-0.4, -0.2) is 22.9 Å². The summed E-state index contributed by atoms with van der Waals surface area (Å²) < 4.78 is 7.75. The summed E-state index contributed by atoms with van der Waals surface area (Å²) in [5.41, 5.74) is 0. The first kappa shape index (κ1) is 12.5. The summed E-state index contributed by atoms with van der Waals surface area (Å²) >= 11 is 5.84. The molecule has 19 heavy (non-hydrogen) atoms. The van der Waals surface area contributed by atoms with Crippen molar-refractivity contribution in [2.24, 2.45) is 0 Å². The molecule has 4 nitrogen and oxygen atoms in total. The molecule has 0 radical (unpaired) electrons. The topological polar surface area (TPSA) is 39.1 Å². The highest BCUT2D eigenvalue weighted by Crippen LogP contribution is 2.25. The zero-order valence-corrected chi connectivity index (χ0v) is 11.3. The Bertz CT molecular complexity index is 532. The third kappa shape index (κ3) is 3.08. The van der Waals surface area contributed by atoms with E-state index >= 15 is 0 Å². The lowest BCUT2D eigenvalue weighted by atomic mass is 10.1. The van der Waals surface area contributed by atoms with E-state index in [1.54, 1.807) is 6.20 Å². The standard InChI is InChI=1S/C14H16ClN3O/c15-11-1-3-13(4-2-11)19-14-9-17-18(10-14)12-5-7-16-8-6-12/h1-4,9-10,12,16H,5-8H2. The summed E-state index contributed by atoms with van der Waals surface area (Å²) in [6.07, 6.45) is 5.95. The zero-order valence-electron chi connectivity index (χ0n) is 10.6. The molecule has 3 rings (SSSR count). The highest BCUT2D eigenvalue weighted by Gasteiger charge is 2.16. The lowest BCUT2D eigenvalue weighted by molar-refractivity contribution is 0.342. The number of halogens is 1. The van der Waals surface area contributed by atoms with Crippen LogP contribution < -0.4 is 10.1 Å². The zero-order chi connectivity index (χ0) is 13.1. The molecule has 2 aromatic rings. The van der Waals surface area contributed by atoms with Crippen molar-refractivity contribution in [3.05, 3.63) is 41.7 Å². The predicted octanol–water partition coefficient (Wildman–Crippen LogP) is 3.25. The smallest absolute Gasteiger partial charge is 0.165 e. The van der Waals surface area contributed by atoms with E-state index in [9.17, 15) is 0 Å². The Morgan fingerprint density at radius 2 is 1.89 bits per heavy atom. The van der Waals surface area contributed by atoms with Gasteiger partial charge >= 0.3 is 0 Å². The van der Waals surface area contributed by atoms with Gasteiger partial charge in [-0.2, -0.15) is 5.10 Å². The van der Waals surface area contributed by atoms with E-state index in [4.69, 9.17) is 16.3 Å². The van der Waals surface area contributed by atoms with Crippen LogP contribution in [0.1, 0.15) is 18.9 Å². The van der Waals surface area contributed by atoms with Gasteiger partial charge in [0.2, 0.25) is 0 Å². The highest BCUT2D eigenvalue weighted by atomic mass is 35.5. The first-order chi connectivity index (χ1) is 9.31. The maximum Gasteiger partial charge on any atom is 0.165 e. The summed E-state index contributed by atoms with van der Waals surface area (Å²) in [5.74, 6) is 1.54. The quantitative estimate of drug-likeness (QED) is 0.936. The number of nitrogens with one attached hydrogen (secondary N) is 1. The maximum absolute atomic E-state index is 5.84. The van der Waals surface area contributed by atoms with Crippen LogP contribution >= 0.6 is 11.6 Å². The third-order valence-electron chi connectivity index (χ3n) is 3.31. The van der Waals surface area contributed by atoms with Crippen LogP contribution in [0.3, 0.4) is 0 Å². The lowest BCUT2D eigenvalue weighted by Gasteiger charge is -2.22. The van der Waals surface area contributed by atoms with Gasteiger partial charge in [-0.15, -0.1) is 0 Å². The molecule has 1 saturated heterocycles. The number of hydrogen-bond acceptors (Lipinski definition) is 3. The fraction of sp³-hybridized carbons (Fsp3) is 0.357. The average molecular weight is 278 g/mol. The van der Waals surface area contributed by atoms with Crippen LogP contribution in [0.15, 0.2) is 36.7 Å². The second kappa shape index (κ2) is 5.63. The molecular weight excluding hydrogens is 262 g/mol. The van der Waals surface area contributed by atoms with Crippen molar-refractivity contribution >= 4 is 11.6 Å². The number of benzene rings is 1. The van der Waals surface area contributed by atoms with Crippen LogP contribution in [0.25, 0.3) is 0 Å². The molecule has 100 valence electrons. The number of piperidine rings is 1. The molecule has 0 aliphatic carbocycles. The molecular formula is C14H16ClN3O. The van der Waals surface area contributed by atoms with E-state index in [0.29, 0.717) is 11.1 Å². The van der Waals surface area contributed by atoms with Gasteiger partial charge in [0.05, 0.1) is 18.4 Å². The van der Waals surface area contributed by atoms with Crippen LogP contribution in [-0.2, 0) is 0 Å². The van der Waals surface area contributed by atoms with Gasteiger partial charge in [-0.3, -0.25) is 4.68 Å². The largest absolute Gasteiger partial charge is 0.454 e. The van der Waals surface area contributed by atoms with E-state index in [1.807, 2.05) is 35.1 Å². The van der Waals surface area contributed by atoms with Crippen LogP contribution in [0.2, 0.25) is 5.02 Å². The SMILES string of the molecule is Clc1ccc(Oc2cnn(C3CCNCC3)c2)cc1. The molecule has 0 atom stereocenters. The van der Waals surface area contributed by atoms with Gasteiger partial charge < -0.3 is 10.1 Å². The van der Waals surface area contributed by atoms with Crippen molar-refractivity contribution in [2.75, 3.05) is 13.1 Å². The monoisotopic (exact) mass is 277 g/mol. The van der Waals surface area contributed by atoms with Crippen molar-refractivity contribution in [2.45, 2.75) is 18.9 Å². The number of rotatable bonds is 3. The van der Waals surface area contributed by atoms with Gasteiger partial charge in [0.25, 0.3) is 0 Å². The number of hydrogen-bond donors (Lipinski definition) is 1. The van der Waals surface area contributed by atoms with E-state index in [0.717, 1.165) is 37.4 Å². The summed E-state index contributed by atoms with van der Waals surface area (Å²) in [4.78, 5) is 0. The van der Waals surface area contributed by atoms with Gasteiger partial charge in [0, 0.05) is 5.02 Å². The molecule has 0 spiro atoms. The van der Waals surface area contributed by atoms with Crippen molar-refractivity contribution < 1.29 is 4.74 Å². The number of nitrogens with zero attached hydrogens (tertiary/aromatic N) is 2. The van der Waals surface area contributed by atoms with Gasteiger partial charge in [-0.1, -0.05) is 11.6 Å². The molecule has 1 fully saturated rings. The summed E-state index contributed by atoms with van der Waals surface area (Å²) in [6, 6.07) is 7.81. The molecule has 1 N–H and O–H groups in total. The number of aromatic nitrogens is 2. The molecule has 1 aliphatic rings. The fourth-order valence-corrected chi connectivity index (χ4v) is 2.41. The second-order valence-electron chi connectivity index (χ2n) is 4.69. The molecule has 2 heterocycles. The van der Waals surface area contributed by atoms with Crippen molar-refractivity contribution in [3.8, 4) is 11.5 Å². The molecule has 0 unspecified atom stereocenters. The van der Waals surface area contributed by atoms with E-state index in [2.05, 4.69) is 10.4 Å². The van der Waals surface area contributed by atoms with Crippen LogP contribution in [0.5, 0.6) is 11.5 Å². The van der Waals surface area contributed by atoms with Crippen molar-refractivity contribution in [1.82, 2.24) is 15.1 Å². The van der Waals surface area contributed by atoms with Gasteiger partial charge in [0.15, 0.2) is 5.75 Å². The normalized spacial score (nSPS) is 16.5. The van der Waals surface area contributed by atoms with Crippen LogP contribution in [0, 0.1) is 0 Å². The minimum atomic E-state index is 0.476. The minimum Gasteiger partial charge on any atom is -0.454 e. The van der Waals surface area contributed by atoms with E-state index in [1.165, 1.54) is 0 Å². The summed E-state index contributed by atoms with van der Waals surface area (Å²) in [5, 5.41) is 8.45. The van der Waals surface area contributed by atoms with Crippen molar-refractivity contribution in [3.63, 3.8) is 0 Å². The van der Waals surface area contributed by atoms with Gasteiger partial charge in [0.1, 0.15) is 5.75 Å². The summed E-state index contributed by atoms with van der Waals surface area (Å²) in [7, 11) is 0. The first-order valence-corrected chi connectivity index (χ1v) is 6.87. The minimum absolute atomic E-state index is 0.476. The van der Waals surface area contributed by atoms with Gasteiger partial charge in [-0.25, -0.2) is 0 Å². The Labute approximate surface area is 117 Å². The lowest BCUT2D eigenvalue weighted by Crippen LogP contribution is -2.29. The Morgan fingerprint density at radius 3 is 2.63 bits per heavy atom. The van der Waals surface area contributed by atoms with Crippen LogP contribution in [0.4, 0.5) is 0 Å². The van der Waals surface area contributed by atoms with Gasteiger partial charge in [-0.05, 0) is 50.2 Å². The highest BCUT2D eigenvalue weighted by molar-refractivity contribution is 6.30. The predicted molar refractivity (Wildman–Crippen MR) is 74.9 cm³/mol. The molecule has 1 aliphatic heterocycles. The molecule has 1 aromatic heterocycles. The average Bonchev–Trinajstić information content (AvgIpc) is 2.91. The Hall–Kier alpha value is -1.52. The third-order valence-corrected chi connectivity index (χ3v) is 3.56. The molecule has 0 saturated carbocycles. The molecule has 5 heteroatoms. The van der Waals surface area contributed by atoms with E-state index in [-0.39, 0.29) is 0 Å².